The maximum absolute atomic E-state index is 13.1. The Morgan fingerprint density at radius 2 is 2.07 bits per heavy atom. The van der Waals surface area contributed by atoms with Crippen LogP contribution in [0.4, 0.5) is 10.1 Å². The van der Waals surface area contributed by atoms with Crippen molar-refractivity contribution in [3.8, 4) is 5.75 Å². The van der Waals surface area contributed by atoms with Crippen molar-refractivity contribution >= 4 is 11.6 Å². The van der Waals surface area contributed by atoms with Crippen LogP contribution in [0.15, 0.2) is 54.7 Å². The summed E-state index contributed by atoms with van der Waals surface area (Å²) < 4.78 is 20.8. The molecule has 2 heterocycles. The summed E-state index contributed by atoms with van der Waals surface area (Å²) in [4.78, 5) is 17.4. The average molecular weight is 393 g/mol. The van der Waals surface area contributed by atoms with Crippen LogP contribution in [0.2, 0.25) is 0 Å². The lowest BCUT2D eigenvalue weighted by atomic mass is 9.91. The molecule has 29 heavy (non-hydrogen) atoms. The molecule has 2 aromatic carbocycles. The number of carbonyl (C=O) groups excluding carboxylic acids is 1. The molecular formula is C23H24FN3O2. The summed E-state index contributed by atoms with van der Waals surface area (Å²) in [7, 11) is 1.63. The number of ether oxygens (including phenoxy) is 1. The van der Waals surface area contributed by atoms with E-state index in [0.717, 1.165) is 48.6 Å². The van der Waals surface area contributed by atoms with Crippen LogP contribution in [0, 0.1) is 5.82 Å². The zero-order chi connectivity index (χ0) is 20.2. The molecule has 150 valence electrons. The van der Waals surface area contributed by atoms with E-state index in [4.69, 9.17) is 4.74 Å². The maximum atomic E-state index is 13.1. The van der Waals surface area contributed by atoms with Crippen LogP contribution in [0.3, 0.4) is 0 Å². The van der Waals surface area contributed by atoms with Gasteiger partial charge in [-0.2, -0.15) is 0 Å². The highest BCUT2D eigenvalue weighted by molar-refractivity contribution is 5.91. The summed E-state index contributed by atoms with van der Waals surface area (Å²) in [6.07, 6.45) is 5.38. The number of amides is 1. The highest BCUT2D eigenvalue weighted by Crippen LogP contribution is 2.33. The molecule has 0 saturated carbocycles. The van der Waals surface area contributed by atoms with Crippen LogP contribution in [0.1, 0.15) is 42.3 Å². The van der Waals surface area contributed by atoms with Gasteiger partial charge in [0.05, 0.1) is 7.11 Å². The molecule has 6 heteroatoms. The Labute approximate surface area is 169 Å². The van der Waals surface area contributed by atoms with Gasteiger partial charge in [0.25, 0.3) is 0 Å². The molecule has 1 amide bonds. The van der Waals surface area contributed by atoms with Gasteiger partial charge < -0.3 is 14.6 Å². The van der Waals surface area contributed by atoms with Gasteiger partial charge in [-0.05, 0) is 54.8 Å². The third-order valence-corrected chi connectivity index (χ3v) is 5.37. The summed E-state index contributed by atoms with van der Waals surface area (Å²) in [6, 6.07) is 13.6. The van der Waals surface area contributed by atoms with Gasteiger partial charge in [-0.25, -0.2) is 9.37 Å². The first kappa shape index (κ1) is 19.2. The lowest BCUT2D eigenvalue weighted by Crippen LogP contribution is -2.20. The van der Waals surface area contributed by atoms with Gasteiger partial charge in [-0.1, -0.05) is 12.1 Å². The number of aromatic nitrogens is 2. The Kier molecular flexibility index (Phi) is 5.60. The normalized spacial score (nSPS) is 14.1. The first-order valence-electron chi connectivity index (χ1n) is 9.87. The molecule has 0 bridgehead atoms. The zero-order valence-corrected chi connectivity index (χ0v) is 16.4. The number of halogens is 1. The average Bonchev–Trinajstić information content (AvgIpc) is 3.17. The molecule has 1 aliphatic heterocycles. The zero-order valence-electron chi connectivity index (χ0n) is 16.4. The first-order valence-corrected chi connectivity index (χ1v) is 9.87. The number of benzene rings is 2. The minimum Gasteiger partial charge on any atom is -0.497 e. The lowest BCUT2D eigenvalue weighted by molar-refractivity contribution is -0.116. The molecule has 5 nitrogen and oxygen atoms in total. The predicted molar refractivity (Wildman–Crippen MR) is 110 cm³/mol. The minimum atomic E-state index is -0.330. The number of imidazole rings is 1. The van der Waals surface area contributed by atoms with E-state index >= 15 is 0 Å². The van der Waals surface area contributed by atoms with Crippen molar-refractivity contribution in [3.05, 3.63) is 77.6 Å². The van der Waals surface area contributed by atoms with Gasteiger partial charge in [0.15, 0.2) is 0 Å². The van der Waals surface area contributed by atoms with Crippen molar-refractivity contribution < 1.29 is 13.9 Å². The standard InChI is InChI=1S/C23H24FN3O2/c1-29-19-6-4-5-16(13-19)20(21-15-25-22-7-2-3-12-27(21)22)14-23(28)26-18-10-8-17(24)9-11-18/h4-6,8-11,13,15,20H,2-3,7,12,14H2,1H3,(H,26,28)/t20-/m1/s1. The fourth-order valence-corrected chi connectivity index (χ4v) is 3.90. The molecule has 0 fully saturated rings. The van der Waals surface area contributed by atoms with Crippen LogP contribution in [-0.4, -0.2) is 22.6 Å². The van der Waals surface area contributed by atoms with Crippen molar-refractivity contribution in [3.63, 3.8) is 0 Å². The summed E-state index contributed by atoms with van der Waals surface area (Å²) in [5.41, 5.74) is 2.63. The number of aryl methyl sites for hydroxylation is 1. The van der Waals surface area contributed by atoms with Crippen molar-refractivity contribution in [2.45, 2.75) is 38.1 Å². The van der Waals surface area contributed by atoms with Crippen LogP contribution in [-0.2, 0) is 17.8 Å². The Balaban J connectivity index is 1.63. The van der Waals surface area contributed by atoms with Gasteiger partial charge in [0, 0.05) is 42.9 Å². The highest BCUT2D eigenvalue weighted by Gasteiger charge is 2.25. The lowest BCUT2D eigenvalue weighted by Gasteiger charge is -2.23. The minimum absolute atomic E-state index is 0.129. The molecule has 3 aromatic rings. The topological polar surface area (TPSA) is 56.1 Å². The number of carbonyl (C=O) groups is 1. The van der Waals surface area contributed by atoms with Crippen molar-refractivity contribution in [1.29, 1.82) is 0 Å². The van der Waals surface area contributed by atoms with E-state index in [-0.39, 0.29) is 24.1 Å². The summed E-state index contributed by atoms with van der Waals surface area (Å²) in [5, 5.41) is 2.87. The SMILES string of the molecule is COc1cccc([C@@H](CC(=O)Nc2ccc(F)cc2)c2cnc3n2CCCC3)c1. The van der Waals surface area contributed by atoms with Crippen LogP contribution in [0.5, 0.6) is 5.75 Å². The quantitative estimate of drug-likeness (QED) is 0.670. The molecule has 0 radical (unpaired) electrons. The third-order valence-electron chi connectivity index (χ3n) is 5.37. The van der Waals surface area contributed by atoms with Crippen molar-refractivity contribution in [2.75, 3.05) is 12.4 Å². The van der Waals surface area contributed by atoms with E-state index in [9.17, 15) is 9.18 Å². The monoisotopic (exact) mass is 393 g/mol. The third kappa shape index (κ3) is 4.31. The maximum Gasteiger partial charge on any atom is 0.225 e. The van der Waals surface area contributed by atoms with Crippen molar-refractivity contribution in [2.24, 2.45) is 0 Å². The number of hydrogen-bond donors (Lipinski definition) is 1. The summed E-state index contributed by atoms with van der Waals surface area (Å²) >= 11 is 0. The van der Waals surface area contributed by atoms with Gasteiger partial charge in [0.2, 0.25) is 5.91 Å². The second-order valence-electron chi connectivity index (χ2n) is 7.30. The van der Waals surface area contributed by atoms with Crippen molar-refractivity contribution in [1.82, 2.24) is 9.55 Å². The summed E-state index contributed by atoms with van der Waals surface area (Å²) in [5.74, 6) is 1.23. The molecule has 1 N–H and O–H groups in total. The second kappa shape index (κ2) is 8.47. The predicted octanol–water partition coefficient (Wildman–Crippen LogP) is 4.53. The van der Waals surface area contributed by atoms with E-state index in [2.05, 4.69) is 14.9 Å². The molecule has 1 aromatic heterocycles. The Bertz CT molecular complexity index is 998. The smallest absolute Gasteiger partial charge is 0.225 e. The second-order valence-corrected chi connectivity index (χ2v) is 7.30. The molecule has 0 saturated heterocycles. The van der Waals surface area contributed by atoms with E-state index in [1.54, 1.807) is 19.2 Å². The van der Waals surface area contributed by atoms with Gasteiger partial charge in [-0.3, -0.25) is 4.79 Å². The molecule has 0 unspecified atom stereocenters. The number of methoxy groups -OCH3 is 1. The summed E-state index contributed by atoms with van der Waals surface area (Å²) in [6.45, 7) is 0.921. The fraction of sp³-hybridized carbons (Fsp3) is 0.304. The Morgan fingerprint density at radius 1 is 1.24 bits per heavy atom. The largest absolute Gasteiger partial charge is 0.497 e. The van der Waals surface area contributed by atoms with Crippen LogP contribution < -0.4 is 10.1 Å². The number of nitrogens with zero attached hydrogens (tertiary/aromatic N) is 2. The van der Waals surface area contributed by atoms with Gasteiger partial charge >= 0.3 is 0 Å². The van der Waals surface area contributed by atoms with E-state index in [1.165, 1.54) is 12.1 Å². The number of fused-ring (bicyclic) bond motifs is 1. The Hall–Kier alpha value is -3.15. The van der Waals surface area contributed by atoms with Crippen LogP contribution in [0.25, 0.3) is 0 Å². The molecule has 0 spiro atoms. The van der Waals surface area contributed by atoms with Crippen LogP contribution >= 0.6 is 0 Å². The van der Waals surface area contributed by atoms with Gasteiger partial charge in [0.1, 0.15) is 17.4 Å². The fourth-order valence-electron chi connectivity index (χ4n) is 3.90. The molecule has 4 rings (SSSR count). The first-order chi connectivity index (χ1) is 14.1. The van der Waals surface area contributed by atoms with E-state index in [0.29, 0.717) is 5.69 Å². The number of rotatable bonds is 6. The molecule has 1 atom stereocenters. The number of nitrogens with one attached hydrogen (secondary N) is 1. The number of anilines is 1. The molecular weight excluding hydrogens is 369 g/mol. The molecule has 0 aliphatic carbocycles. The number of hydrogen-bond acceptors (Lipinski definition) is 3. The van der Waals surface area contributed by atoms with E-state index < -0.39 is 0 Å². The van der Waals surface area contributed by atoms with Gasteiger partial charge in [-0.15, -0.1) is 0 Å². The Morgan fingerprint density at radius 3 is 2.86 bits per heavy atom. The highest BCUT2D eigenvalue weighted by atomic mass is 19.1. The van der Waals surface area contributed by atoms with E-state index in [1.807, 2.05) is 30.5 Å². The molecule has 1 aliphatic rings.